The zero-order valence-corrected chi connectivity index (χ0v) is 11.4. The Balaban J connectivity index is 1.76. The highest BCUT2D eigenvalue weighted by Gasteiger charge is 2.29. The molecule has 2 aromatic heterocycles. The molecule has 1 aliphatic carbocycles. The first-order chi connectivity index (χ1) is 9.36. The van der Waals surface area contributed by atoms with Crippen molar-refractivity contribution in [3.05, 3.63) is 52.0 Å². The highest BCUT2D eigenvalue weighted by molar-refractivity contribution is 7.09. The van der Waals surface area contributed by atoms with Gasteiger partial charge >= 0.3 is 0 Å². The Bertz CT molecular complexity index is 582. The summed E-state index contributed by atoms with van der Waals surface area (Å²) in [7, 11) is 0. The number of hydrogen-bond donors (Lipinski definition) is 0. The molecule has 0 amide bonds. The topological polar surface area (TPSA) is 39.9 Å². The molecule has 0 bridgehead atoms. The van der Waals surface area contributed by atoms with Gasteiger partial charge in [-0.15, -0.1) is 11.3 Å². The minimum atomic E-state index is 0.555. The van der Waals surface area contributed by atoms with Crippen molar-refractivity contribution in [2.45, 2.75) is 32.0 Å². The van der Waals surface area contributed by atoms with Crippen LogP contribution in [0.5, 0.6) is 0 Å². The Morgan fingerprint density at radius 2 is 2.21 bits per heavy atom. The highest BCUT2D eigenvalue weighted by atomic mass is 32.1. The van der Waals surface area contributed by atoms with Crippen LogP contribution in [0, 0.1) is 11.3 Å². The Morgan fingerprint density at radius 1 is 1.32 bits per heavy atom. The number of rotatable bonds is 5. The summed E-state index contributed by atoms with van der Waals surface area (Å²) in [6.45, 7) is 1.79. The van der Waals surface area contributed by atoms with Crippen LogP contribution in [0.15, 0.2) is 35.8 Å². The third-order valence-electron chi connectivity index (χ3n) is 3.37. The first-order valence-electron chi connectivity index (χ1n) is 6.47. The maximum Gasteiger partial charge on any atom is 0.144 e. The standard InChI is InChI=1S/C15H15N3S/c16-9-15-12(3-1-7-17-15)10-18(13-5-6-13)11-14-4-2-8-19-14/h1-4,7-8,13H,5-6,10-11H2. The van der Waals surface area contributed by atoms with E-state index in [1.165, 1.54) is 17.7 Å². The van der Waals surface area contributed by atoms with Gasteiger partial charge in [0.25, 0.3) is 0 Å². The van der Waals surface area contributed by atoms with E-state index in [9.17, 15) is 0 Å². The monoisotopic (exact) mass is 269 g/mol. The molecule has 0 radical (unpaired) electrons. The zero-order valence-electron chi connectivity index (χ0n) is 10.6. The van der Waals surface area contributed by atoms with E-state index in [1.54, 1.807) is 17.5 Å². The van der Waals surface area contributed by atoms with Gasteiger partial charge in [0.15, 0.2) is 0 Å². The predicted octanol–water partition coefficient (Wildman–Crippen LogP) is 3.18. The Kier molecular flexibility index (Phi) is 3.58. The molecule has 1 saturated carbocycles. The van der Waals surface area contributed by atoms with E-state index in [1.807, 2.05) is 12.1 Å². The molecule has 4 heteroatoms. The Hall–Kier alpha value is -1.70. The van der Waals surface area contributed by atoms with Gasteiger partial charge in [-0.1, -0.05) is 12.1 Å². The molecule has 0 N–H and O–H groups in total. The van der Waals surface area contributed by atoms with E-state index in [4.69, 9.17) is 5.26 Å². The van der Waals surface area contributed by atoms with Crippen molar-refractivity contribution in [3.63, 3.8) is 0 Å². The number of nitrogens with zero attached hydrogens (tertiary/aromatic N) is 3. The summed E-state index contributed by atoms with van der Waals surface area (Å²) in [5.74, 6) is 0. The van der Waals surface area contributed by atoms with Crippen molar-refractivity contribution >= 4 is 11.3 Å². The van der Waals surface area contributed by atoms with Gasteiger partial charge in [-0.25, -0.2) is 4.98 Å². The van der Waals surface area contributed by atoms with E-state index >= 15 is 0 Å². The molecule has 0 saturated heterocycles. The van der Waals surface area contributed by atoms with E-state index < -0.39 is 0 Å². The quantitative estimate of drug-likeness (QED) is 0.837. The molecular weight excluding hydrogens is 254 g/mol. The molecule has 3 nitrogen and oxygen atoms in total. The molecule has 19 heavy (non-hydrogen) atoms. The van der Waals surface area contributed by atoms with Gasteiger partial charge < -0.3 is 0 Å². The first-order valence-corrected chi connectivity index (χ1v) is 7.35. The normalized spacial score (nSPS) is 14.5. The van der Waals surface area contributed by atoms with E-state index in [-0.39, 0.29) is 0 Å². The van der Waals surface area contributed by atoms with Gasteiger partial charge in [-0.05, 0) is 30.4 Å². The summed E-state index contributed by atoms with van der Waals surface area (Å²) in [5, 5.41) is 11.2. The van der Waals surface area contributed by atoms with Gasteiger partial charge in [0.05, 0.1) is 0 Å². The van der Waals surface area contributed by atoms with E-state index in [0.717, 1.165) is 18.7 Å². The smallest absolute Gasteiger partial charge is 0.144 e. The average Bonchev–Trinajstić information content (AvgIpc) is 3.17. The second-order valence-corrected chi connectivity index (χ2v) is 5.87. The van der Waals surface area contributed by atoms with Crippen LogP contribution < -0.4 is 0 Å². The van der Waals surface area contributed by atoms with Crippen molar-refractivity contribution in [2.24, 2.45) is 0 Å². The van der Waals surface area contributed by atoms with Crippen LogP contribution in [-0.4, -0.2) is 15.9 Å². The molecule has 0 atom stereocenters. The van der Waals surface area contributed by atoms with Gasteiger partial charge in [0, 0.05) is 35.8 Å². The Morgan fingerprint density at radius 3 is 2.89 bits per heavy atom. The maximum atomic E-state index is 9.11. The van der Waals surface area contributed by atoms with Gasteiger partial charge in [0.1, 0.15) is 11.8 Å². The number of thiophene rings is 1. The van der Waals surface area contributed by atoms with E-state index in [2.05, 4.69) is 33.5 Å². The van der Waals surface area contributed by atoms with Gasteiger partial charge in [-0.3, -0.25) is 4.90 Å². The molecule has 0 aromatic carbocycles. The van der Waals surface area contributed by atoms with Crippen molar-refractivity contribution in [1.29, 1.82) is 5.26 Å². The summed E-state index contributed by atoms with van der Waals surface area (Å²) < 4.78 is 0. The molecule has 2 heterocycles. The first kappa shape index (κ1) is 12.3. The molecular formula is C15H15N3S. The third-order valence-corrected chi connectivity index (χ3v) is 4.23. The third kappa shape index (κ3) is 3.01. The van der Waals surface area contributed by atoms with Crippen molar-refractivity contribution in [3.8, 4) is 6.07 Å². The van der Waals surface area contributed by atoms with Crippen LogP contribution in [0.3, 0.4) is 0 Å². The van der Waals surface area contributed by atoms with E-state index in [0.29, 0.717) is 11.7 Å². The van der Waals surface area contributed by atoms with Gasteiger partial charge in [0.2, 0.25) is 0 Å². The molecule has 96 valence electrons. The SMILES string of the molecule is N#Cc1ncccc1CN(Cc1cccs1)C1CC1. The molecule has 0 spiro atoms. The van der Waals surface area contributed by atoms with Crippen molar-refractivity contribution in [2.75, 3.05) is 0 Å². The zero-order chi connectivity index (χ0) is 13.1. The fraction of sp³-hybridized carbons (Fsp3) is 0.333. The summed E-state index contributed by atoms with van der Waals surface area (Å²) in [6, 6.07) is 11.0. The second kappa shape index (κ2) is 5.52. The Labute approximate surface area is 117 Å². The summed E-state index contributed by atoms with van der Waals surface area (Å²) in [5.41, 5.74) is 1.59. The fourth-order valence-electron chi connectivity index (χ4n) is 2.24. The minimum absolute atomic E-state index is 0.555. The maximum absolute atomic E-state index is 9.11. The number of hydrogen-bond acceptors (Lipinski definition) is 4. The molecule has 2 aromatic rings. The summed E-state index contributed by atoms with van der Waals surface area (Å²) in [6.07, 6.45) is 4.23. The molecule has 1 aliphatic rings. The summed E-state index contributed by atoms with van der Waals surface area (Å²) >= 11 is 1.79. The predicted molar refractivity (Wildman–Crippen MR) is 75.5 cm³/mol. The summed E-state index contributed by atoms with van der Waals surface area (Å²) in [4.78, 5) is 7.99. The number of nitriles is 1. The van der Waals surface area contributed by atoms with Crippen molar-refractivity contribution in [1.82, 2.24) is 9.88 Å². The van der Waals surface area contributed by atoms with Crippen molar-refractivity contribution < 1.29 is 0 Å². The van der Waals surface area contributed by atoms with Gasteiger partial charge in [-0.2, -0.15) is 5.26 Å². The highest BCUT2D eigenvalue weighted by Crippen LogP contribution is 2.30. The molecule has 3 rings (SSSR count). The fourth-order valence-corrected chi connectivity index (χ4v) is 2.97. The largest absolute Gasteiger partial charge is 0.291 e. The number of aromatic nitrogens is 1. The lowest BCUT2D eigenvalue weighted by atomic mass is 10.2. The second-order valence-electron chi connectivity index (χ2n) is 4.84. The molecule has 0 aliphatic heterocycles. The average molecular weight is 269 g/mol. The lowest BCUT2D eigenvalue weighted by Crippen LogP contribution is -2.25. The minimum Gasteiger partial charge on any atom is -0.291 e. The van der Waals surface area contributed by atoms with Crippen LogP contribution in [0.2, 0.25) is 0 Å². The van der Waals surface area contributed by atoms with Crippen LogP contribution >= 0.6 is 11.3 Å². The molecule has 1 fully saturated rings. The lowest BCUT2D eigenvalue weighted by molar-refractivity contribution is 0.247. The van der Waals surface area contributed by atoms with Crippen LogP contribution in [0.1, 0.15) is 29.0 Å². The lowest BCUT2D eigenvalue weighted by Gasteiger charge is -2.21. The molecule has 0 unspecified atom stereocenters. The van der Waals surface area contributed by atoms with Crippen LogP contribution in [-0.2, 0) is 13.1 Å². The van der Waals surface area contributed by atoms with Crippen LogP contribution in [0.25, 0.3) is 0 Å². The number of pyridine rings is 1. The van der Waals surface area contributed by atoms with Crippen LogP contribution in [0.4, 0.5) is 0 Å².